The van der Waals surface area contributed by atoms with Crippen LogP contribution in [0.3, 0.4) is 0 Å². The predicted molar refractivity (Wildman–Crippen MR) is 153 cm³/mol. The van der Waals surface area contributed by atoms with Gasteiger partial charge in [-0.05, 0) is 59.7 Å². The molecule has 1 N–H and O–H groups in total. The van der Waals surface area contributed by atoms with E-state index in [9.17, 15) is 14.7 Å². The van der Waals surface area contributed by atoms with Crippen molar-refractivity contribution in [2.75, 3.05) is 20.2 Å². The Balaban J connectivity index is 1.43. The van der Waals surface area contributed by atoms with Gasteiger partial charge in [0.25, 0.3) is 11.5 Å². The van der Waals surface area contributed by atoms with Gasteiger partial charge < -0.3 is 14.7 Å². The first-order valence-electron chi connectivity index (χ1n) is 13.2. The summed E-state index contributed by atoms with van der Waals surface area (Å²) in [6, 6.07) is 31.7. The largest absolute Gasteiger partial charge is 0.497 e. The van der Waals surface area contributed by atoms with Crippen LogP contribution in [-0.4, -0.2) is 40.7 Å². The van der Waals surface area contributed by atoms with E-state index in [1.54, 1.807) is 36.4 Å². The number of benzene rings is 3. The minimum absolute atomic E-state index is 0.0835. The number of aliphatic hydroxyl groups is 1. The van der Waals surface area contributed by atoms with Crippen molar-refractivity contribution in [3.63, 3.8) is 0 Å². The van der Waals surface area contributed by atoms with Crippen LogP contribution in [0.4, 0.5) is 0 Å². The zero-order chi connectivity index (χ0) is 27.2. The van der Waals surface area contributed by atoms with Crippen LogP contribution in [0.5, 0.6) is 5.75 Å². The summed E-state index contributed by atoms with van der Waals surface area (Å²) in [7, 11) is 1.60. The van der Waals surface area contributed by atoms with Gasteiger partial charge in [-0.15, -0.1) is 0 Å². The lowest BCUT2D eigenvalue weighted by Crippen LogP contribution is -2.46. The molecule has 5 rings (SSSR count). The van der Waals surface area contributed by atoms with E-state index in [2.05, 4.69) is 0 Å². The van der Waals surface area contributed by atoms with Crippen molar-refractivity contribution < 1.29 is 14.6 Å². The smallest absolute Gasteiger partial charge is 0.270 e. The van der Waals surface area contributed by atoms with Crippen LogP contribution in [-0.2, 0) is 10.4 Å². The Morgan fingerprint density at radius 1 is 0.846 bits per heavy atom. The van der Waals surface area contributed by atoms with Crippen LogP contribution < -0.4 is 10.3 Å². The quantitative estimate of drug-likeness (QED) is 0.347. The molecule has 198 valence electrons. The summed E-state index contributed by atoms with van der Waals surface area (Å²) in [5, 5.41) is 12.2. The van der Waals surface area contributed by atoms with Crippen LogP contribution in [0.2, 0.25) is 0 Å². The molecular weight excluding hydrogens is 488 g/mol. The zero-order valence-electron chi connectivity index (χ0n) is 21.9. The Morgan fingerprint density at radius 3 is 1.95 bits per heavy atom. The average Bonchev–Trinajstić information content (AvgIpc) is 3.01. The second-order valence-electron chi connectivity index (χ2n) is 9.78. The summed E-state index contributed by atoms with van der Waals surface area (Å²) in [4.78, 5) is 28.4. The number of hydrogen-bond donors (Lipinski definition) is 1. The van der Waals surface area contributed by atoms with E-state index in [0.29, 0.717) is 31.7 Å². The normalized spacial score (nSPS) is 14.7. The van der Waals surface area contributed by atoms with Crippen LogP contribution in [0, 0.1) is 5.92 Å². The van der Waals surface area contributed by atoms with Gasteiger partial charge in [0, 0.05) is 25.4 Å². The topological polar surface area (TPSA) is 71.8 Å². The fourth-order valence-electron chi connectivity index (χ4n) is 5.40. The van der Waals surface area contributed by atoms with Gasteiger partial charge in [-0.3, -0.25) is 14.2 Å². The minimum atomic E-state index is -1.17. The third-order valence-corrected chi connectivity index (χ3v) is 7.52. The van der Waals surface area contributed by atoms with Crippen molar-refractivity contribution in [2.45, 2.75) is 18.4 Å². The maximum absolute atomic E-state index is 13.9. The van der Waals surface area contributed by atoms with Crippen LogP contribution in [0.15, 0.2) is 114 Å². The molecule has 0 unspecified atom stereocenters. The number of nitrogens with zero attached hydrogens (tertiary/aromatic N) is 2. The minimum Gasteiger partial charge on any atom is -0.497 e. The molecule has 6 heteroatoms. The van der Waals surface area contributed by atoms with E-state index in [1.807, 2.05) is 84.9 Å². The number of carbonyl (C=O) groups excluding carboxylic acids is 1. The molecule has 1 amide bonds. The number of ether oxygens (including phenoxy) is 1. The lowest BCUT2D eigenvalue weighted by Gasteiger charge is -2.42. The van der Waals surface area contributed by atoms with Gasteiger partial charge in [0.15, 0.2) is 0 Å². The van der Waals surface area contributed by atoms with Gasteiger partial charge in [-0.1, -0.05) is 78.9 Å². The van der Waals surface area contributed by atoms with Gasteiger partial charge in [0.1, 0.15) is 17.0 Å². The van der Waals surface area contributed by atoms with Crippen LogP contribution >= 0.6 is 0 Å². The first kappa shape index (κ1) is 26.2. The molecule has 4 aromatic rings. The molecule has 1 aliphatic rings. The second-order valence-corrected chi connectivity index (χ2v) is 9.78. The summed E-state index contributed by atoms with van der Waals surface area (Å²) in [5.74, 6) is 0.406. The van der Waals surface area contributed by atoms with E-state index in [1.165, 1.54) is 10.6 Å². The fraction of sp³-hybridized carbons (Fsp3) is 0.212. The Morgan fingerprint density at radius 2 is 1.41 bits per heavy atom. The average molecular weight is 521 g/mol. The molecule has 2 heterocycles. The van der Waals surface area contributed by atoms with Crippen molar-refractivity contribution in [3.05, 3.63) is 136 Å². The number of carbonyl (C=O) groups is 1. The van der Waals surface area contributed by atoms with Gasteiger partial charge in [-0.2, -0.15) is 0 Å². The Labute approximate surface area is 228 Å². The summed E-state index contributed by atoms with van der Waals surface area (Å²) in [5.41, 5.74) is 1.31. The third kappa shape index (κ3) is 5.42. The molecule has 39 heavy (non-hydrogen) atoms. The standard InChI is InChI=1S/C33H32N2O4/c1-39-29-17-15-25(16-18-29)24-30(35-21-9-8-14-31(35)36)32(37)34-22-19-28(20-23-34)33(38,26-10-4-2-5-11-26)27-12-6-3-7-13-27/h2-18,21,24,28,38H,19-20,22-23H2,1H3. The van der Waals surface area contributed by atoms with Crippen molar-refractivity contribution in [3.8, 4) is 5.75 Å². The highest BCUT2D eigenvalue weighted by Gasteiger charge is 2.42. The predicted octanol–water partition coefficient (Wildman–Crippen LogP) is 5.03. The summed E-state index contributed by atoms with van der Waals surface area (Å²) in [6.45, 7) is 0.931. The summed E-state index contributed by atoms with van der Waals surface area (Å²) >= 11 is 0. The molecule has 1 saturated heterocycles. The maximum atomic E-state index is 13.9. The first-order chi connectivity index (χ1) is 19.0. The van der Waals surface area contributed by atoms with E-state index in [4.69, 9.17) is 4.74 Å². The van der Waals surface area contributed by atoms with Crippen molar-refractivity contribution in [1.29, 1.82) is 0 Å². The number of methoxy groups -OCH3 is 1. The fourth-order valence-corrected chi connectivity index (χ4v) is 5.40. The van der Waals surface area contributed by atoms with Crippen molar-refractivity contribution >= 4 is 17.7 Å². The van der Waals surface area contributed by atoms with E-state index < -0.39 is 5.60 Å². The van der Waals surface area contributed by atoms with Crippen LogP contribution in [0.25, 0.3) is 11.8 Å². The highest BCUT2D eigenvalue weighted by molar-refractivity contribution is 6.18. The second kappa shape index (κ2) is 11.5. The molecule has 1 aliphatic heterocycles. The summed E-state index contributed by atoms with van der Waals surface area (Å²) < 4.78 is 6.64. The lowest BCUT2D eigenvalue weighted by molar-refractivity contribution is -0.128. The van der Waals surface area contributed by atoms with E-state index in [0.717, 1.165) is 16.7 Å². The molecule has 0 atom stereocenters. The van der Waals surface area contributed by atoms with Crippen molar-refractivity contribution in [1.82, 2.24) is 9.47 Å². The molecule has 0 saturated carbocycles. The Kier molecular flexibility index (Phi) is 7.75. The molecule has 0 aliphatic carbocycles. The summed E-state index contributed by atoms with van der Waals surface area (Å²) in [6.07, 6.45) is 4.59. The first-order valence-corrected chi connectivity index (χ1v) is 13.2. The monoisotopic (exact) mass is 520 g/mol. The molecule has 1 aromatic heterocycles. The number of rotatable bonds is 7. The number of aromatic nitrogens is 1. The molecule has 3 aromatic carbocycles. The maximum Gasteiger partial charge on any atom is 0.270 e. The number of pyridine rings is 1. The Bertz CT molecular complexity index is 1450. The number of likely N-dealkylation sites (tertiary alicyclic amines) is 1. The number of hydrogen-bond acceptors (Lipinski definition) is 4. The highest BCUT2D eigenvalue weighted by Crippen LogP contribution is 2.42. The molecular formula is C33H32N2O4. The molecule has 0 radical (unpaired) electrons. The Hall–Kier alpha value is -4.42. The van der Waals surface area contributed by atoms with E-state index >= 15 is 0 Å². The third-order valence-electron chi connectivity index (χ3n) is 7.52. The van der Waals surface area contributed by atoms with Crippen molar-refractivity contribution in [2.24, 2.45) is 5.92 Å². The van der Waals surface area contributed by atoms with E-state index in [-0.39, 0.29) is 23.1 Å². The van der Waals surface area contributed by atoms with Gasteiger partial charge in [0.05, 0.1) is 7.11 Å². The molecule has 0 bridgehead atoms. The lowest BCUT2D eigenvalue weighted by atomic mass is 9.72. The SMILES string of the molecule is COc1ccc(C=C(C(=O)N2CCC(C(O)(c3ccccc3)c3ccccc3)CC2)n2ccccc2=O)cc1. The molecule has 6 nitrogen and oxygen atoms in total. The molecule has 0 spiro atoms. The number of piperidine rings is 1. The number of amides is 1. The van der Waals surface area contributed by atoms with Gasteiger partial charge in [-0.25, -0.2) is 0 Å². The van der Waals surface area contributed by atoms with Gasteiger partial charge in [0.2, 0.25) is 0 Å². The zero-order valence-corrected chi connectivity index (χ0v) is 21.9. The van der Waals surface area contributed by atoms with Crippen LogP contribution in [0.1, 0.15) is 29.5 Å². The van der Waals surface area contributed by atoms with Gasteiger partial charge >= 0.3 is 0 Å². The highest BCUT2D eigenvalue weighted by atomic mass is 16.5. The molecule has 1 fully saturated rings.